The Labute approximate surface area is 175 Å². The van der Waals surface area contributed by atoms with Crippen molar-refractivity contribution in [1.82, 2.24) is 19.7 Å². The second-order valence-electron chi connectivity index (χ2n) is 7.63. The molecular weight excluding hydrogens is 378 g/mol. The van der Waals surface area contributed by atoms with Gasteiger partial charge in [0.25, 0.3) is 5.91 Å². The summed E-state index contributed by atoms with van der Waals surface area (Å²) in [6, 6.07) is 18.0. The number of amides is 1. The summed E-state index contributed by atoms with van der Waals surface area (Å²) in [5.74, 6) is 1.76. The molecular formula is C23H25N5O2. The van der Waals surface area contributed by atoms with Crippen molar-refractivity contribution < 1.29 is 9.53 Å². The molecule has 2 aliphatic heterocycles. The highest BCUT2D eigenvalue weighted by Gasteiger charge is 2.22. The van der Waals surface area contributed by atoms with Gasteiger partial charge in [-0.05, 0) is 24.3 Å². The van der Waals surface area contributed by atoms with Gasteiger partial charge in [-0.25, -0.2) is 9.67 Å². The van der Waals surface area contributed by atoms with Gasteiger partial charge in [-0.1, -0.05) is 30.3 Å². The molecule has 154 valence electrons. The normalized spacial score (nSPS) is 16.8. The number of nitrogens with zero attached hydrogens (tertiary/aromatic N) is 5. The van der Waals surface area contributed by atoms with Crippen LogP contribution < -0.4 is 4.90 Å². The van der Waals surface area contributed by atoms with Crippen LogP contribution in [0.2, 0.25) is 0 Å². The van der Waals surface area contributed by atoms with Crippen LogP contribution in [-0.2, 0) is 17.7 Å². The number of carbonyl (C=O) groups excluding carboxylic acids is 1. The smallest absolute Gasteiger partial charge is 0.253 e. The Kier molecular flexibility index (Phi) is 5.19. The number of carbonyl (C=O) groups is 1. The minimum Gasteiger partial charge on any atom is -0.378 e. The van der Waals surface area contributed by atoms with Gasteiger partial charge in [-0.15, -0.1) is 0 Å². The van der Waals surface area contributed by atoms with Crippen LogP contribution in [-0.4, -0.2) is 65.0 Å². The van der Waals surface area contributed by atoms with Crippen LogP contribution in [0.4, 0.5) is 5.69 Å². The first-order chi connectivity index (χ1) is 14.8. The molecule has 0 bridgehead atoms. The van der Waals surface area contributed by atoms with Crippen molar-refractivity contribution in [3.8, 4) is 11.4 Å². The average Bonchev–Trinajstić information content (AvgIpc) is 3.13. The van der Waals surface area contributed by atoms with E-state index < -0.39 is 0 Å². The third kappa shape index (κ3) is 3.80. The molecule has 5 rings (SSSR count). The van der Waals surface area contributed by atoms with E-state index in [-0.39, 0.29) is 5.91 Å². The van der Waals surface area contributed by atoms with Crippen LogP contribution in [0.1, 0.15) is 16.2 Å². The van der Waals surface area contributed by atoms with Crippen molar-refractivity contribution in [3.05, 3.63) is 66.0 Å². The maximum Gasteiger partial charge on any atom is 0.253 e. The second-order valence-corrected chi connectivity index (χ2v) is 7.63. The van der Waals surface area contributed by atoms with E-state index in [1.807, 2.05) is 64.2 Å². The number of anilines is 1. The summed E-state index contributed by atoms with van der Waals surface area (Å²) in [7, 11) is 0. The minimum atomic E-state index is 0.0672. The lowest BCUT2D eigenvalue weighted by molar-refractivity contribution is 0.0758. The van der Waals surface area contributed by atoms with Crippen LogP contribution in [0.25, 0.3) is 11.4 Å². The van der Waals surface area contributed by atoms with Crippen molar-refractivity contribution in [3.63, 3.8) is 0 Å². The third-order valence-electron chi connectivity index (χ3n) is 5.75. The van der Waals surface area contributed by atoms with Gasteiger partial charge >= 0.3 is 0 Å². The topological polar surface area (TPSA) is 63.5 Å². The Morgan fingerprint density at radius 3 is 2.40 bits per heavy atom. The number of fused-ring (bicyclic) bond motifs is 1. The number of ether oxygens (including phenoxy) is 1. The summed E-state index contributed by atoms with van der Waals surface area (Å²) < 4.78 is 7.35. The van der Waals surface area contributed by atoms with Crippen LogP contribution in [0.15, 0.2) is 54.6 Å². The van der Waals surface area contributed by atoms with Crippen LogP contribution in [0.3, 0.4) is 0 Å². The van der Waals surface area contributed by atoms with Crippen molar-refractivity contribution in [2.45, 2.75) is 13.0 Å². The molecule has 1 aromatic heterocycles. The van der Waals surface area contributed by atoms with E-state index in [4.69, 9.17) is 9.72 Å². The van der Waals surface area contributed by atoms with Gasteiger partial charge in [0.1, 0.15) is 5.82 Å². The largest absolute Gasteiger partial charge is 0.378 e. The van der Waals surface area contributed by atoms with Gasteiger partial charge in [-0.2, -0.15) is 5.10 Å². The van der Waals surface area contributed by atoms with Crippen LogP contribution >= 0.6 is 0 Å². The van der Waals surface area contributed by atoms with Gasteiger partial charge in [-0.3, -0.25) is 4.79 Å². The minimum absolute atomic E-state index is 0.0672. The highest BCUT2D eigenvalue weighted by molar-refractivity contribution is 5.94. The Morgan fingerprint density at radius 1 is 0.867 bits per heavy atom. The monoisotopic (exact) mass is 403 g/mol. The predicted octanol–water partition coefficient (Wildman–Crippen LogP) is 2.48. The summed E-state index contributed by atoms with van der Waals surface area (Å²) in [4.78, 5) is 21.9. The van der Waals surface area contributed by atoms with Crippen LogP contribution in [0.5, 0.6) is 0 Å². The van der Waals surface area contributed by atoms with Crippen LogP contribution in [0, 0.1) is 0 Å². The zero-order valence-electron chi connectivity index (χ0n) is 16.9. The van der Waals surface area contributed by atoms with Crippen molar-refractivity contribution >= 4 is 11.6 Å². The summed E-state index contributed by atoms with van der Waals surface area (Å²) in [5.41, 5.74) is 2.89. The molecule has 0 atom stereocenters. The molecule has 7 heteroatoms. The number of rotatable bonds is 3. The first kappa shape index (κ1) is 18.8. The van der Waals surface area contributed by atoms with Gasteiger partial charge in [0.05, 0.1) is 19.8 Å². The Hall–Kier alpha value is -3.19. The quantitative estimate of drug-likeness (QED) is 0.672. The van der Waals surface area contributed by atoms with E-state index in [0.29, 0.717) is 26.1 Å². The average molecular weight is 403 g/mol. The van der Waals surface area contributed by atoms with Gasteiger partial charge < -0.3 is 14.5 Å². The molecule has 1 amide bonds. The zero-order valence-corrected chi connectivity index (χ0v) is 16.9. The molecule has 0 aliphatic carbocycles. The first-order valence-corrected chi connectivity index (χ1v) is 10.5. The van der Waals surface area contributed by atoms with Crippen molar-refractivity contribution in [1.29, 1.82) is 0 Å². The standard InChI is InChI=1S/C23H25N5O2/c29-23(19-6-8-20(9-7-19)26-14-16-30-17-15-26)27-11-10-21-24-22(25-28(21)13-12-27)18-4-2-1-3-5-18/h1-9H,10-17H2. The molecule has 1 fully saturated rings. The highest BCUT2D eigenvalue weighted by Crippen LogP contribution is 2.20. The van der Waals surface area contributed by atoms with E-state index in [9.17, 15) is 4.79 Å². The molecule has 2 aliphatic rings. The Bertz CT molecular complexity index is 984. The van der Waals surface area contributed by atoms with E-state index in [0.717, 1.165) is 54.8 Å². The second kappa shape index (κ2) is 8.28. The molecule has 30 heavy (non-hydrogen) atoms. The molecule has 1 saturated heterocycles. The maximum atomic E-state index is 13.0. The summed E-state index contributed by atoms with van der Waals surface area (Å²) in [5, 5.41) is 4.66. The molecule has 7 nitrogen and oxygen atoms in total. The number of morpholine rings is 1. The number of aromatic nitrogens is 3. The molecule has 3 heterocycles. The lowest BCUT2D eigenvalue weighted by Gasteiger charge is -2.29. The Balaban J connectivity index is 1.25. The first-order valence-electron chi connectivity index (χ1n) is 10.5. The summed E-state index contributed by atoms with van der Waals surface area (Å²) >= 11 is 0. The lowest BCUT2D eigenvalue weighted by atomic mass is 10.1. The lowest BCUT2D eigenvalue weighted by Crippen LogP contribution is -2.36. The van der Waals surface area contributed by atoms with Gasteiger partial charge in [0.15, 0.2) is 5.82 Å². The molecule has 0 spiro atoms. The number of benzene rings is 2. The molecule has 2 aromatic carbocycles. The summed E-state index contributed by atoms with van der Waals surface area (Å²) in [6.45, 7) is 5.23. The SMILES string of the molecule is O=C(c1ccc(N2CCOCC2)cc1)N1CCc2nc(-c3ccccc3)nn2CC1. The van der Waals surface area contributed by atoms with Crippen molar-refractivity contribution in [2.75, 3.05) is 44.3 Å². The molecule has 0 radical (unpaired) electrons. The molecule has 0 saturated carbocycles. The third-order valence-corrected chi connectivity index (χ3v) is 5.75. The molecule has 3 aromatic rings. The number of hydrogen-bond donors (Lipinski definition) is 0. The molecule has 0 N–H and O–H groups in total. The van der Waals surface area contributed by atoms with E-state index in [2.05, 4.69) is 10.00 Å². The maximum absolute atomic E-state index is 13.0. The van der Waals surface area contributed by atoms with E-state index >= 15 is 0 Å². The summed E-state index contributed by atoms with van der Waals surface area (Å²) in [6.07, 6.45) is 0.706. The highest BCUT2D eigenvalue weighted by atomic mass is 16.5. The predicted molar refractivity (Wildman–Crippen MR) is 115 cm³/mol. The molecule has 0 unspecified atom stereocenters. The van der Waals surface area contributed by atoms with Gasteiger partial charge in [0, 0.05) is 49.4 Å². The zero-order chi connectivity index (χ0) is 20.3. The number of hydrogen-bond acceptors (Lipinski definition) is 5. The van der Waals surface area contributed by atoms with E-state index in [1.165, 1.54) is 0 Å². The fraction of sp³-hybridized carbons (Fsp3) is 0.348. The fourth-order valence-corrected chi connectivity index (χ4v) is 4.03. The van der Waals surface area contributed by atoms with E-state index in [1.54, 1.807) is 0 Å². The fourth-order valence-electron chi connectivity index (χ4n) is 4.03. The van der Waals surface area contributed by atoms with Crippen molar-refractivity contribution in [2.24, 2.45) is 0 Å². The van der Waals surface area contributed by atoms with Gasteiger partial charge in [0.2, 0.25) is 0 Å². The Morgan fingerprint density at radius 2 is 1.63 bits per heavy atom.